The van der Waals surface area contributed by atoms with Gasteiger partial charge >= 0.3 is 5.97 Å². The van der Waals surface area contributed by atoms with Gasteiger partial charge in [0.2, 0.25) is 10.0 Å². The van der Waals surface area contributed by atoms with Crippen molar-refractivity contribution in [3.05, 3.63) is 24.3 Å². The van der Waals surface area contributed by atoms with Crippen LogP contribution in [0.1, 0.15) is 0 Å². The normalized spacial score (nSPS) is 11.7. The third kappa shape index (κ3) is 3.29. The van der Waals surface area contributed by atoms with Crippen molar-refractivity contribution in [2.24, 2.45) is 5.14 Å². The predicted octanol–water partition coefficient (Wildman–Crippen LogP) is 1.10. The van der Waals surface area contributed by atoms with Gasteiger partial charge in [-0.15, -0.1) is 11.3 Å². The Bertz CT molecular complexity index is 720. The Kier molecular flexibility index (Phi) is 3.85. The molecule has 0 saturated carbocycles. The molecule has 0 aliphatic rings. The number of thiophene rings is 1. The van der Waals surface area contributed by atoms with Crippen molar-refractivity contribution in [2.75, 3.05) is 13.7 Å². The Morgan fingerprint density at radius 1 is 1.37 bits per heavy atom. The molecular weight excluding hydrogens is 290 g/mol. The van der Waals surface area contributed by atoms with Gasteiger partial charge in [0.15, 0.2) is 0 Å². The summed E-state index contributed by atoms with van der Waals surface area (Å²) in [5.74, 6) is -0.192. The Morgan fingerprint density at radius 2 is 2.11 bits per heavy atom. The van der Waals surface area contributed by atoms with Gasteiger partial charge in [-0.3, -0.25) is 0 Å². The molecule has 2 rings (SSSR count). The van der Waals surface area contributed by atoms with E-state index in [2.05, 4.69) is 4.74 Å². The number of carbonyl (C=O) groups is 1. The minimum atomic E-state index is -3.72. The number of fused-ring (bicyclic) bond motifs is 1. The Labute approximate surface area is 113 Å². The molecule has 0 bridgehead atoms. The molecule has 0 fully saturated rings. The molecule has 0 atom stereocenters. The van der Waals surface area contributed by atoms with E-state index < -0.39 is 16.0 Å². The molecule has 2 aromatic rings. The van der Waals surface area contributed by atoms with Crippen LogP contribution in [-0.2, 0) is 19.6 Å². The van der Waals surface area contributed by atoms with Crippen molar-refractivity contribution in [3.63, 3.8) is 0 Å². The summed E-state index contributed by atoms with van der Waals surface area (Å²) in [4.78, 5) is 11.3. The largest absolute Gasteiger partial charge is 0.425 e. The number of benzene rings is 1. The fourth-order valence-corrected chi connectivity index (χ4v) is 3.32. The molecule has 0 radical (unpaired) electrons. The summed E-state index contributed by atoms with van der Waals surface area (Å²) < 4.78 is 32.9. The number of carbonyl (C=O) groups excluding carboxylic acids is 1. The molecule has 0 aliphatic carbocycles. The lowest BCUT2D eigenvalue weighted by atomic mass is 10.2. The molecule has 0 saturated heterocycles. The maximum absolute atomic E-state index is 11.3. The summed E-state index contributed by atoms with van der Waals surface area (Å²) in [5.41, 5.74) is 0. The molecule has 2 N–H and O–H groups in total. The fraction of sp³-hybridized carbons (Fsp3) is 0.182. The number of hydrogen-bond donors (Lipinski definition) is 1. The third-order valence-corrected chi connectivity index (χ3v) is 4.76. The van der Waals surface area contributed by atoms with Crippen molar-refractivity contribution in [2.45, 2.75) is 4.21 Å². The highest BCUT2D eigenvalue weighted by atomic mass is 32.2. The molecule has 0 amide bonds. The summed E-state index contributed by atoms with van der Waals surface area (Å²) in [5, 5.41) is 5.78. The van der Waals surface area contributed by atoms with E-state index >= 15 is 0 Å². The summed E-state index contributed by atoms with van der Waals surface area (Å²) in [7, 11) is -2.33. The number of methoxy groups -OCH3 is 1. The van der Waals surface area contributed by atoms with Gasteiger partial charge in [0, 0.05) is 11.8 Å². The maximum atomic E-state index is 11.3. The van der Waals surface area contributed by atoms with E-state index in [1.54, 1.807) is 18.2 Å². The van der Waals surface area contributed by atoms with Crippen molar-refractivity contribution in [1.82, 2.24) is 0 Å². The van der Waals surface area contributed by atoms with E-state index in [4.69, 9.17) is 9.88 Å². The van der Waals surface area contributed by atoms with Gasteiger partial charge < -0.3 is 9.47 Å². The van der Waals surface area contributed by atoms with Gasteiger partial charge in [0.1, 0.15) is 16.6 Å². The molecule has 1 aromatic heterocycles. The van der Waals surface area contributed by atoms with E-state index in [0.717, 1.165) is 16.7 Å². The minimum absolute atomic E-state index is 0.0721. The van der Waals surface area contributed by atoms with Crippen LogP contribution in [0.4, 0.5) is 0 Å². The van der Waals surface area contributed by atoms with E-state index in [9.17, 15) is 13.2 Å². The lowest BCUT2D eigenvalue weighted by Crippen LogP contribution is -2.13. The second-order valence-corrected chi connectivity index (χ2v) is 6.59. The van der Waals surface area contributed by atoms with Crippen LogP contribution in [0.25, 0.3) is 10.1 Å². The molecule has 0 spiro atoms. The fourth-order valence-electron chi connectivity index (χ4n) is 1.47. The topological polar surface area (TPSA) is 95.7 Å². The molecule has 1 heterocycles. The molecule has 1 aromatic carbocycles. The number of hydrogen-bond acceptors (Lipinski definition) is 6. The van der Waals surface area contributed by atoms with Crippen molar-refractivity contribution < 1.29 is 22.7 Å². The quantitative estimate of drug-likeness (QED) is 0.674. The second kappa shape index (κ2) is 5.25. The van der Waals surface area contributed by atoms with Crippen LogP contribution in [0.2, 0.25) is 0 Å². The van der Waals surface area contributed by atoms with Crippen LogP contribution < -0.4 is 9.88 Å². The number of esters is 1. The maximum Gasteiger partial charge on any atom is 0.337 e. The average molecular weight is 301 g/mol. The predicted molar refractivity (Wildman–Crippen MR) is 70.7 cm³/mol. The van der Waals surface area contributed by atoms with E-state index in [-0.39, 0.29) is 10.8 Å². The first-order valence-corrected chi connectivity index (χ1v) is 7.52. The van der Waals surface area contributed by atoms with E-state index in [0.29, 0.717) is 10.4 Å². The van der Waals surface area contributed by atoms with Gasteiger partial charge in [-0.2, -0.15) is 0 Å². The summed E-state index contributed by atoms with van der Waals surface area (Å²) in [6.07, 6.45) is 0. The van der Waals surface area contributed by atoms with E-state index in [1.165, 1.54) is 13.2 Å². The summed E-state index contributed by atoms with van der Waals surface area (Å²) in [6, 6.07) is 6.31. The van der Waals surface area contributed by atoms with Crippen LogP contribution in [0.3, 0.4) is 0 Å². The second-order valence-electron chi connectivity index (χ2n) is 3.72. The molecule has 8 heteroatoms. The van der Waals surface area contributed by atoms with Gasteiger partial charge in [-0.25, -0.2) is 18.4 Å². The van der Waals surface area contributed by atoms with Crippen molar-refractivity contribution in [1.29, 1.82) is 0 Å². The van der Waals surface area contributed by atoms with Crippen LogP contribution in [-0.4, -0.2) is 28.1 Å². The smallest absolute Gasteiger partial charge is 0.337 e. The van der Waals surface area contributed by atoms with Crippen LogP contribution in [0.5, 0.6) is 5.75 Å². The van der Waals surface area contributed by atoms with Crippen molar-refractivity contribution >= 4 is 37.4 Å². The number of nitrogens with two attached hydrogens (primary N) is 1. The lowest BCUT2D eigenvalue weighted by Gasteiger charge is -2.02. The van der Waals surface area contributed by atoms with Crippen LogP contribution in [0.15, 0.2) is 28.5 Å². The monoisotopic (exact) mass is 301 g/mol. The summed E-state index contributed by atoms with van der Waals surface area (Å²) in [6.45, 7) is -0.148. The zero-order chi connectivity index (χ0) is 14.0. The van der Waals surface area contributed by atoms with E-state index in [1.807, 2.05) is 0 Å². The first-order valence-electron chi connectivity index (χ1n) is 5.16. The lowest BCUT2D eigenvalue weighted by molar-refractivity contribution is -0.138. The van der Waals surface area contributed by atoms with Gasteiger partial charge in [-0.05, 0) is 29.7 Å². The standard InChI is InChI=1S/C11H11NO5S2/c1-16-6-10(13)17-8-3-2-7-4-11(19(12,14)15)18-9(7)5-8/h2-5H,6H2,1H3,(H2,12,14,15). The third-order valence-electron chi connectivity index (χ3n) is 2.24. The highest BCUT2D eigenvalue weighted by molar-refractivity contribution is 7.91. The highest BCUT2D eigenvalue weighted by Crippen LogP contribution is 2.31. The molecule has 0 unspecified atom stereocenters. The number of ether oxygens (including phenoxy) is 2. The summed E-state index contributed by atoms with van der Waals surface area (Å²) >= 11 is 1.02. The van der Waals surface area contributed by atoms with Crippen LogP contribution >= 0.6 is 11.3 Å². The Balaban J connectivity index is 2.33. The van der Waals surface area contributed by atoms with Crippen molar-refractivity contribution in [3.8, 4) is 5.75 Å². The van der Waals surface area contributed by atoms with Crippen LogP contribution in [0, 0.1) is 0 Å². The zero-order valence-electron chi connectivity index (χ0n) is 9.95. The SMILES string of the molecule is COCC(=O)Oc1ccc2cc(S(N)(=O)=O)sc2c1. The minimum Gasteiger partial charge on any atom is -0.425 e. The number of rotatable bonds is 4. The van der Waals surface area contributed by atoms with Gasteiger partial charge in [0.25, 0.3) is 0 Å². The molecule has 19 heavy (non-hydrogen) atoms. The highest BCUT2D eigenvalue weighted by Gasteiger charge is 2.13. The average Bonchev–Trinajstić information content (AvgIpc) is 2.71. The number of sulfonamides is 1. The first-order chi connectivity index (χ1) is 8.90. The number of primary sulfonamides is 1. The van der Waals surface area contributed by atoms with Gasteiger partial charge in [0.05, 0.1) is 0 Å². The molecular formula is C11H11NO5S2. The van der Waals surface area contributed by atoms with Gasteiger partial charge in [-0.1, -0.05) is 0 Å². The Hall–Kier alpha value is -1.48. The Morgan fingerprint density at radius 3 is 2.74 bits per heavy atom. The molecule has 102 valence electrons. The first kappa shape index (κ1) is 13.9. The molecule has 0 aliphatic heterocycles. The molecule has 6 nitrogen and oxygen atoms in total. The zero-order valence-corrected chi connectivity index (χ0v) is 11.6.